The van der Waals surface area contributed by atoms with Crippen molar-refractivity contribution in [2.75, 3.05) is 33.8 Å². The van der Waals surface area contributed by atoms with E-state index in [1.54, 1.807) is 7.05 Å². The van der Waals surface area contributed by atoms with Crippen molar-refractivity contribution in [2.24, 2.45) is 5.92 Å². The van der Waals surface area contributed by atoms with Gasteiger partial charge in [-0.2, -0.15) is 0 Å². The molecule has 0 heterocycles. The molecule has 0 aliphatic heterocycles. The van der Waals surface area contributed by atoms with Gasteiger partial charge in [-0.25, -0.2) is 0 Å². The summed E-state index contributed by atoms with van der Waals surface area (Å²) in [4.78, 5) is 14.1. The van der Waals surface area contributed by atoms with Gasteiger partial charge in [0.05, 0.1) is 6.61 Å². The van der Waals surface area contributed by atoms with Gasteiger partial charge in [-0.3, -0.25) is 4.79 Å². The Morgan fingerprint density at radius 1 is 1.47 bits per heavy atom. The number of hydrogen-bond acceptors (Lipinski definition) is 4. The number of likely N-dealkylation sites (N-methyl/N-ethyl adjacent to an activating group) is 2. The Morgan fingerprint density at radius 3 is 2.47 bits per heavy atom. The SMILES string of the molecule is CCOC(=O)C(C)(CN(C)CC(C)CC)NC. The maximum Gasteiger partial charge on any atom is 0.327 e. The van der Waals surface area contributed by atoms with E-state index < -0.39 is 5.54 Å². The number of nitrogens with one attached hydrogen (secondary N) is 1. The van der Waals surface area contributed by atoms with Crippen LogP contribution >= 0.6 is 0 Å². The van der Waals surface area contributed by atoms with Gasteiger partial charge in [-0.05, 0) is 33.9 Å². The first kappa shape index (κ1) is 16.4. The van der Waals surface area contributed by atoms with Crippen LogP contribution in [0.2, 0.25) is 0 Å². The van der Waals surface area contributed by atoms with Crippen molar-refractivity contribution in [3.63, 3.8) is 0 Å². The molecular formula is C13H28N2O2. The molecule has 0 saturated heterocycles. The van der Waals surface area contributed by atoms with Crippen LogP contribution < -0.4 is 5.32 Å². The zero-order valence-corrected chi connectivity index (χ0v) is 12.2. The molecule has 2 unspecified atom stereocenters. The van der Waals surface area contributed by atoms with Gasteiger partial charge >= 0.3 is 5.97 Å². The van der Waals surface area contributed by atoms with E-state index in [2.05, 4.69) is 24.1 Å². The fourth-order valence-corrected chi connectivity index (χ4v) is 1.80. The average molecular weight is 244 g/mol. The summed E-state index contributed by atoms with van der Waals surface area (Å²) in [5.74, 6) is 0.460. The molecule has 0 spiro atoms. The number of rotatable bonds is 8. The van der Waals surface area contributed by atoms with Gasteiger partial charge in [0.15, 0.2) is 0 Å². The molecule has 4 heteroatoms. The highest BCUT2D eigenvalue weighted by atomic mass is 16.5. The predicted molar refractivity (Wildman–Crippen MR) is 71.0 cm³/mol. The lowest BCUT2D eigenvalue weighted by Gasteiger charge is -2.32. The summed E-state index contributed by atoms with van der Waals surface area (Å²) in [6.45, 7) is 10.2. The van der Waals surface area contributed by atoms with Gasteiger partial charge in [-0.1, -0.05) is 20.3 Å². The fraction of sp³-hybridized carbons (Fsp3) is 0.923. The Kier molecular flexibility index (Phi) is 7.39. The van der Waals surface area contributed by atoms with Crippen LogP contribution in [0.15, 0.2) is 0 Å². The number of hydrogen-bond donors (Lipinski definition) is 1. The molecule has 0 aromatic carbocycles. The Morgan fingerprint density at radius 2 is 2.06 bits per heavy atom. The van der Waals surface area contributed by atoms with Gasteiger partial charge in [0.1, 0.15) is 5.54 Å². The van der Waals surface area contributed by atoms with Crippen LogP contribution in [-0.4, -0.2) is 50.2 Å². The summed E-state index contributed by atoms with van der Waals surface area (Å²) in [6, 6.07) is 0. The normalized spacial score (nSPS) is 16.6. The van der Waals surface area contributed by atoms with Gasteiger partial charge in [0.2, 0.25) is 0 Å². The minimum Gasteiger partial charge on any atom is -0.465 e. The molecule has 0 aliphatic rings. The third kappa shape index (κ3) is 5.50. The highest BCUT2D eigenvalue weighted by Crippen LogP contribution is 2.10. The first-order valence-electron chi connectivity index (χ1n) is 6.44. The number of esters is 1. The molecule has 2 atom stereocenters. The average Bonchev–Trinajstić information content (AvgIpc) is 2.28. The molecular weight excluding hydrogens is 216 g/mol. The predicted octanol–water partition coefficient (Wildman–Crippen LogP) is 1.51. The maximum atomic E-state index is 11.9. The number of ether oxygens (including phenoxy) is 1. The lowest BCUT2D eigenvalue weighted by Crippen LogP contribution is -2.56. The maximum absolute atomic E-state index is 11.9. The molecule has 102 valence electrons. The summed E-state index contributed by atoms with van der Waals surface area (Å²) in [5.41, 5.74) is -0.627. The number of carbonyl (C=O) groups is 1. The van der Waals surface area contributed by atoms with E-state index in [1.165, 1.54) is 0 Å². The molecule has 0 aliphatic carbocycles. The molecule has 0 amide bonds. The zero-order valence-electron chi connectivity index (χ0n) is 12.2. The molecule has 1 N–H and O–H groups in total. The second kappa shape index (κ2) is 7.67. The van der Waals surface area contributed by atoms with Gasteiger partial charge in [0.25, 0.3) is 0 Å². The minimum absolute atomic E-state index is 0.182. The quantitative estimate of drug-likeness (QED) is 0.657. The van der Waals surface area contributed by atoms with Crippen molar-refractivity contribution >= 4 is 5.97 Å². The summed E-state index contributed by atoms with van der Waals surface area (Å²) < 4.78 is 5.10. The first-order chi connectivity index (χ1) is 7.89. The Hall–Kier alpha value is -0.610. The highest BCUT2D eigenvalue weighted by molar-refractivity contribution is 5.80. The number of nitrogens with zero attached hydrogens (tertiary/aromatic N) is 1. The monoisotopic (exact) mass is 244 g/mol. The molecule has 4 nitrogen and oxygen atoms in total. The van der Waals surface area contributed by atoms with Crippen LogP contribution in [0.5, 0.6) is 0 Å². The lowest BCUT2D eigenvalue weighted by atomic mass is 10.0. The van der Waals surface area contributed by atoms with Crippen molar-refractivity contribution in [1.82, 2.24) is 10.2 Å². The molecule has 0 radical (unpaired) electrons. The summed E-state index contributed by atoms with van der Waals surface area (Å²) >= 11 is 0. The van der Waals surface area contributed by atoms with E-state index in [4.69, 9.17) is 4.74 Å². The Bertz CT molecular complexity index is 233. The Balaban J connectivity index is 4.41. The van der Waals surface area contributed by atoms with E-state index >= 15 is 0 Å². The van der Waals surface area contributed by atoms with E-state index in [9.17, 15) is 4.79 Å². The van der Waals surface area contributed by atoms with E-state index in [1.807, 2.05) is 20.9 Å². The molecule has 0 saturated carbocycles. The fourth-order valence-electron chi connectivity index (χ4n) is 1.80. The van der Waals surface area contributed by atoms with Gasteiger partial charge in [0, 0.05) is 13.1 Å². The lowest BCUT2D eigenvalue weighted by molar-refractivity contribution is -0.151. The smallest absolute Gasteiger partial charge is 0.327 e. The van der Waals surface area contributed by atoms with E-state index in [0.29, 0.717) is 19.1 Å². The first-order valence-corrected chi connectivity index (χ1v) is 6.44. The van der Waals surface area contributed by atoms with Crippen LogP contribution in [0.4, 0.5) is 0 Å². The largest absolute Gasteiger partial charge is 0.465 e. The molecule has 0 rings (SSSR count). The molecule has 0 fully saturated rings. The Labute approximate surface area is 106 Å². The van der Waals surface area contributed by atoms with Crippen molar-refractivity contribution in [2.45, 2.75) is 39.7 Å². The van der Waals surface area contributed by atoms with Crippen molar-refractivity contribution in [1.29, 1.82) is 0 Å². The molecule has 0 aromatic rings. The van der Waals surface area contributed by atoms with Crippen molar-refractivity contribution in [3.05, 3.63) is 0 Å². The topological polar surface area (TPSA) is 41.6 Å². The van der Waals surface area contributed by atoms with Crippen LogP contribution in [-0.2, 0) is 9.53 Å². The second-order valence-corrected chi connectivity index (χ2v) is 5.01. The van der Waals surface area contributed by atoms with Crippen LogP contribution in [0.1, 0.15) is 34.1 Å². The van der Waals surface area contributed by atoms with E-state index in [-0.39, 0.29) is 5.97 Å². The zero-order chi connectivity index (χ0) is 13.5. The van der Waals surface area contributed by atoms with Crippen molar-refractivity contribution in [3.8, 4) is 0 Å². The molecule has 0 aromatic heterocycles. The third-order valence-corrected chi connectivity index (χ3v) is 3.18. The number of carbonyl (C=O) groups excluding carboxylic acids is 1. The highest BCUT2D eigenvalue weighted by Gasteiger charge is 2.34. The second-order valence-electron chi connectivity index (χ2n) is 5.01. The standard InChI is InChI=1S/C13H28N2O2/c1-7-11(3)9-15(6)10-13(4,14-5)12(16)17-8-2/h11,14H,7-10H2,1-6H3. The summed E-state index contributed by atoms with van der Waals surface area (Å²) in [6.07, 6.45) is 1.15. The van der Waals surface area contributed by atoms with Gasteiger partial charge in [-0.15, -0.1) is 0 Å². The van der Waals surface area contributed by atoms with Gasteiger partial charge < -0.3 is 15.0 Å². The summed E-state index contributed by atoms with van der Waals surface area (Å²) in [5, 5.41) is 3.07. The van der Waals surface area contributed by atoms with E-state index in [0.717, 1.165) is 13.0 Å². The van der Waals surface area contributed by atoms with Crippen LogP contribution in [0.25, 0.3) is 0 Å². The molecule has 17 heavy (non-hydrogen) atoms. The third-order valence-electron chi connectivity index (χ3n) is 3.18. The summed E-state index contributed by atoms with van der Waals surface area (Å²) in [7, 11) is 3.84. The van der Waals surface area contributed by atoms with Crippen LogP contribution in [0, 0.1) is 5.92 Å². The minimum atomic E-state index is -0.627. The van der Waals surface area contributed by atoms with Crippen LogP contribution in [0.3, 0.4) is 0 Å². The molecule has 0 bridgehead atoms. The van der Waals surface area contributed by atoms with Crippen molar-refractivity contribution < 1.29 is 9.53 Å².